The van der Waals surface area contributed by atoms with Crippen molar-refractivity contribution in [1.29, 1.82) is 0 Å². The van der Waals surface area contributed by atoms with Crippen molar-refractivity contribution in [2.75, 3.05) is 5.73 Å². The SMILES string of the molecule is C/C=C/c1ncc(Cl)nc1N. The van der Waals surface area contributed by atoms with Crippen LogP contribution in [-0.4, -0.2) is 9.97 Å². The molecule has 0 radical (unpaired) electrons. The summed E-state index contributed by atoms with van der Waals surface area (Å²) in [5.74, 6) is 0.357. The molecule has 1 aromatic heterocycles. The second-order valence-electron chi connectivity index (χ2n) is 1.96. The minimum absolute atomic E-state index is 0.316. The summed E-state index contributed by atoms with van der Waals surface area (Å²) >= 11 is 5.54. The van der Waals surface area contributed by atoms with E-state index in [1.54, 1.807) is 6.08 Å². The third-order valence-electron chi connectivity index (χ3n) is 1.12. The summed E-state index contributed by atoms with van der Waals surface area (Å²) in [5.41, 5.74) is 6.15. The molecule has 11 heavy (non-hydrogen) atoms. The van der Waals surface area contributed by atoms with E-state index in [9.17, 15) is 0 Å². The lowest BCUT2D eigenvalue weighted by Crippen LogP contribution is -1.96. The van der Waals surface area contributed by atoms with Crippen LogP contribution >= 0.6 is 11.6 Å². The zero-order chi connectivity index (χ0) is 8.27. The summed E-state index contributed by atoms with van der Waals surface area (Å²) in [4.78, 5) is 7.78. The summed E-state index contributed by atoms with van der Waals surface area (Å²) in [5, 5.41) is 0.316. The van der Waals surface area contributed by atoms with Gasteiger partial charge < -0.3 is 5.73 Å². The van der Waals surface area contributed by atoms with Crippen molar-refractivity contribution in [1.82, 2.24) is 9.97 Å². The van der Waals surface area contributed by atoms with Crippen molar-refractivity contribution >= 4 is 23.5 Å². The van der Waals surface area contributed by atoms with Crippen LogP contribution in [0.2, 0.25) is 5.15 Å². The average molecular weight is 170 g/mol. The Kier molecular flexibility index (Phi) is 2.44. The van der Waals surface area contributed by atoms with E-state index in [1.165, 1.54) is 6.20 Å². The van der Waals surface area contributed by atoms with Gasteiger partial charge in [-0.2, -0.15) is 0 Å². The van der Waals surface area contributed by atoms with E-state index in [4.69, 9.17) is 17.3 Å². The number of nitrogens with zero attached hydrogens (tertiary/aromatic N) is 2. The average Bonchev–Trinajstić information content (AvgIpc) is 1.95. The molecule has 0 atom stereocenters. The minimum atomic E-state index is 0.316. The van der Waals surface area contributed by atoms with E-state index >= 15 is 0 Å². The third-order valence-corrected chi connectivity index (χ3v) is 1.31. The van der Waals surface area contributed by atoms with Crippen LogP contribution in [-0.2, 0) is 0 Å². The molecule has 0 saturated carbocycles. The van der Waals surface area contributed by atoms with Crippen LogP contribution in [0, 0.1) is 0 Å². The van der Waals surface area contributed by atoms with Crippen molar-refractivity contribution in [3.05, 3.63) is 23.1 Å². The number of hydrogen-bond acceptors (Lipinski definition) is 3. The number of allylic oxidation sites excluding steroid dienone is 1. The largest absolute Gasteiger partial charge is 0.382 e. The fraction of sp³-hybridized carbons (Fsp3) is 0.143. The van der Waals surface area contributed by atoms with Crippen LogP contribution in [0.1, 0.15) is 12.6 Å². The molecule has 4 heteroatoms. The van der Waals surface area contributed by atoms with Gasteiger partial charge in [0.1, 0.15) is 10.8 Å². The number of aromatic nitrogens is 2. The first-order valence-corrected chi connectivity index (χ1v) is 3.52. The number of anilines is 1. The van der Waals surface area contributed by atoms with Gasteiger partial charge in [-0.25, -0.2) is 9.97 Å². The van der Waals surface area contributed by atoms with Crippen LogP contribution in [0.4, 0.5) is 5.82 Å². The first-order chi connectivity index (χ1) is 5.24. The van der Waals surface area contributed by atoms with Gasteiger partial charge in [-0.15, -0.1) is 0 Å². The molecule has 1 heterocycles. The zero-order valence-electron chi connectivity index (χ0n) is 6.08. The van der Waals surface area contributed by atoms with E-state index in [0.717, 1.165) is 0 Å². The Labute approximate surface area is 69.9 Å². The van der Waals surface area contributed by atoms with Crippen molar-refractivity contribution in [2.45, 2.75) is 6.92 Å². The normalized spacial score (nSPS) is 10.7. The number of nitrogen functional groups attached to an aromatic ring is 1. The number of nitrogens with two attached hydrogens (primary N) is 1. The molecule has 0 aliphatic rings. The van der Waals surface area contributed by atoms with Crippen LogP contribution < -0.4 is 5.73 Å². The van der Waals surface area contributed by atoms with Gasteiger partial charge in [-0.05, 0) is 13.0 Å². The first-order valence-electron chi connectivity index (χ1n) is 3.14. The molecule has 0 fully saturated rings. The molecule has 0 aliphatic carbocycles. The van der Waals surface area contributed by atoms with E-state index in [-0.39, 0.29) is 0 Å². The molecular weight excluding hydrogens is 162 g/mol. The second kappa shape index (κ2) is 3.34. The summed E-state index contributed by atoms with van der Waals surface area (Å²) in [6.07, 6.45) is 5.08. The quantitative estimate of drug-likeness (QED) is 0.697. The maximum absolute atomic E-state index is 5.54. The predicted octanol–water partition coefficient (Wildman–Crippen LogP) is 1.75. The Bertz CT molecular complexity index is 283. The maximum Gasteiger partial charge on any atom is 0.151 e. The van der Waals surface area contributed by atoms with Crippen LogP contribution in [0.25, 0.3) is 6.08 Å². The third kappa shape index (κ3) is 1.91. The number of halogens is 1. The smallest absolute Gasteiger partial charge is 0.151 e. The molecule has 0 aromatic carbocycles. The van der Waals surface area contributed by atoms with Crippen molar-refractivity contribution in [3.8, 4) is 0 Å². The van der Waals surface area contributed by atoms with Crippen LogP contribution in [0.15, 0.2) is 12.3 Å². The summed E-state index contributed by atoms with van der Waals surface area (Å²) in [6, 6.07) is 0. The molecule has 0 saturated heterocycles. The molecular formula is C7H8ClN3. The molecule has 0 unspecified atom stereocenters. The van der Waals surface area contributed by atoms with Gasteiger partial charge in [-0.1, -0.05) is 17.7 Å². The Morgan fingerprint density at radius 3 is 2.91 bits per heavy atom. The molecule has 0 amide bonds. The monoisotopic (exact) mass is 169 g/mol. The summed E-state index contributed by atoms with van der Waals surface area (Å²) in [6.45, 7) is 1.88. The van der Waals surface area contributed by atoms with E-state index in [2.05, 4.69) is 9.97 Å². The lowest BCUT2D eigenvalue weighted by atomic mass is 10.4. The van der Waals surface area contributed by atoms with Gasteiger partial charge in [0, 0.05) is 0 Å². The minimum Gasteiger partial charge on any atom is -0.382 e. The van der Waals surface area contributed by atoms with E-state index < -0.39 is 0 Å². The van der Waals surface area contributed by atoms with Crippen molar-refractivity contribution < 1.29 is 0 Å². The molecule has 0 spiro atoms. The Hall–Kier alpha value is -1.09. The highest BCUT2D eigenvalue weighted by Gasteiger charge is 1.97. The maximum atomic E-state index is 5.54. The van der Waals surface area contributed by atoms with Gasteiger partial charge in [0.2, 0.25) is 0 Å². The predicted molar refractivity (Wildman–Crippen MR) is 46.2 cm³/mol. The molecule has 1 rings (SSSR count). The van der Waals surface area contributed by atoms with Crippen LogP contribution in [0.3, 0.4) is 0 Å². The van der Waals surface area contributed by atoms with Crippen molar-refractivity contribution in [3.63, 3.8) is 0 Å². The van der Waals surface area contributed by atoms with Gasteiger partial charge in [0.15, 0.2) is 5.82 Å². The lowest BCUT2D eigenvalue weighted by Gasteiger charge is -1.96. The Morgan fingerprint density at radius 1 is 1.64 bits per heavy atom. The highest BCUT2D eigenvalue weighted by Crippen LogP contribution is 2.10. The summed E-state index contributed by atoms with van der Waals surface area (Å²) < 4.78 is 0. The van der Waals surface area contributed by atoms with E-state index in [0.29, 0.717) is 16.7 Å². The molecule has 58 valence electrons. The second-order valence-corrected chi connectivity index (χ2v) is 2.35. The molecule has 1 aromatic rings. The Balaban J connectivity index is 3.09. The highest BCUT2D eigenvalue weighted by molar-refractivity contribution is 6.29. The van der Waals surface area contributed by atoms with Gasteiger partial charge >= 0.3 is 0 Å². The molecule has 0 bridgehead atoms. The highest BCUT2D eigenvalue weighted by atomic mass is 35.5. The Morgan fingerprint density at radius 2 is 2.36 bits per heavy atom. The fourth-order valence-corrected chi connectivity index (χ4v) is 0.816. The molecule has 0 aliphatic heterocycles. The zero-order valence-corrected chi connectivity index (χ0v) is 6.84. The lowest BCUT2D eigenvalue weighted by molar-refractivity contribution is 1.19. The molecule has 3 nitrogen and oxygen atoms in total. The van der Waals surface area contributed by atoms with Crippen molar-refractivity contribution in [2.24, 2.45) is 0 Å². The first kappa shape index (κ1) is 8.01. The fourth-order valence-electron chi connectivity index (χ4n) is 0.676. The molecule has 2 N–H and O–H groups in total. The topological polar surface area (TPSA) is 51.8 Å². The van der Waals surface area contributed by atoms with Gasteiger partial charge in [0.05, 0.1) is 6.20 Å². The number of rotatable bonds is 1. The number of hydrogen-bond donors (Lipinski definition) is 1. The van der Waals surface area contributed by atoms with Gasteiger partial charge in [-0.3, -0.25) is 0 Å². The van der Waals surface area contributed by atoms with E-state index in [1.807, 2.05) is 13.0 Å². The standard InChI is InChI=1S/C7H8ClN3/c1-2-3-5-7(9)11-6(8)4-10-5/h2-4H,1H3,(H2,9,11)/b3-2+. The van der Waals surface area contributed by atoms with Crippen LogP contribution in [0.5, 0.6) is 0 Å². The summed E-state index contributed by atoms with van der Waals surface area (Å²) in [7, 11) is 0. The van der Waals surface area contributed by atoms with Gasteiger partial charge in [0.25, 0.3) is 0 Å².